The highest BCUT2D eigenvalue weighted by atomic mass is 19.1. The molecule has 3 nitrogen and oxygen atoms in total. The summed E-state index contributed by atoms with van der Waals surface area (Å²) < 4.78 is 19.4. The average Bonchev–Trinajstić information content (AvgIpc) is 2.67. The molecule has 136 valence electrons. The van der Waals surface area contributed by atoms with Gasteiger partial charge in [-0.1, -0.05) is 48.0 Å². The second kappa shape index (κ2) is 6.88. The molecule has 1 aliphatic heterocycles. The number of hydrogen-bond acceptors (Lipinski definition) is 2. The van der Waals surface area contributed by atoms with Crippen LogP contribution in [-0.4, -0.2) is 12.0 Å². The van der Waals surface area contributed by atoms with E-state index in [1.54, 1.807) is 17.0 Å². The summed E-state index contributed by atoms with van der Waals surface area (Å²) in [6.07, 6.45) is -0.612. The number of halogens is 1. The molecular weight excluding hydrogens is 341 g/mol. The van der Waals surface area contributed by atoms with E-state index in [0.29, 0.717) is 11.4 Å². The van der Waals surface area contributed by atoms with Gasteiger partial charge in [0.05, 0.1) is 0 Å². The fourth-order valence-electron chi connectivity index (χ4n) is 3.38. The van der Waals surface area contributed by atoms with Crippen molar-refractivity contribution in [2.24, 2.45) is 0 Å². The Morgan fingerprint density at radius 3 is 2.22 bits per heavy atom. The Morgan fingerprint density at radius 2 is 1.56 bits per heavy atom. The number of carbonyl (C=O) groups excluding carboxylic acids is 1. The Hall–Kier alpha value is -3.14. The first-order chi connectivity index (χ1) is 13.0. The van der Waals surface area contributed by atoms with Crippen LogP contribution in [0, 0.1) is 19.7 Å². The standard InChI is InChI=1S/C23H20FNO2/c1-15-7-9-17(10-8-15)21-22(27-20-6-4-3-5-16(20)2)23(26)25(21)19-13-11-18(24)12-14-19/h3-14,21-22H,1-2H3. The number of anilines is 1. The fraction of sp³-hybridized carbons (Fsp3) is 0.174. The van der Waals surface area contributed by atoms with Gasteiger partial charge in [0.2, 0.25) is 6.10 Å². The highest BCUT2D eigenvalue weighted by Gasteiger charge is 2.51. The molecule has 1 saturated heterocycles. The van der Waals surface area contributed by atoms with Crippen LogP contribution in [0.1, 0.15) is 22.7 Å². The van der Waals surface area contributed by atoms with Crippen LogP contribution in [0.4, 0.5) is 10.1 Å². The van der Waals surface area contributed by atoms with E-state index >= 15 is 0 Å². The molecule has 0 aliphatic carbocycles. The number of β-lactam (4-membered cyclic amide) rings is 1. The number of ether oxygens (including phenoxy) is 1. The number of amides is 1. The molecule has 4 heteroatoms. The number of rotatable bonds is 4. The molecule has 0 saturated carbocycles. The molecule has 1 aliphatic rings. The van der Waals surface area contributed by atoms with Crippen molar-refractivity contribution in [2.75, 3.05) is 4.90 Å². The molecule has 0 spiro atoms. The van der Waals surface area contributed by atoms with E-state index in [1.807, 2.05) is 62.4 Å². The molecule has 2 unspecified atom stereocenters. The van der Waals surface area contributed by atoms with Gasteiger partial charge in [-0.15, -0.1) is 0 Å². The monoisotopic (exact) mass is 361 g/mol. The highest BCUT2D eigenvalue weighted by Crippen LogP contribution is 2.41. The quantitative estimate of drug-likeness (QED) is 0.614. The van der Waals surface area contributed by atoms with E-state index in [2.05, 4.69) is 0 Å². The summed E-state index contributed by atoms with van der Waals surface area (Å²) in [5.41, 5.74) is 3.78. The van der Waals surface area contributed by atoms with E-state index in [-0.39, 0.29) is 17.8 Å². The third-order valence-corrected chi connectivity index (χ3v) is 4.92. The lowest BCUT2D eigenvalue weighted by molar-refractivity contribution is -0.135. The van der Waals surface area contributed by atoms with Gasteiger partial charge in [-0.05, 0) is 55.3 Å². The van der Waals surface area contributed by atoms with Gasteiger partial charge in [0.1, 0.15) is 17.6 Å². The molecule has 27 heavy (non-hydrogen) atoms. The van der Waals surface area contributed by atoms with Crippen LogP contribution in [0.5, 0.6) is 5.75 Å². The molecule has 1 amide bonds. The van der Waals surface area contributed by atoms with Crippen LogP contribution < -0.4 is 9.64 Å². The Morgan fingerprint density at radius 1 is 0.889 bits per heavy atom. The number of para-hydroxylation sites is 1. The van der Waals surface area contributed by atoms with Crippen molar-refractivity contribution in [2.45, 2.75) is 26.0 Å². The van der Waals surface area contributed by atoms with Crippen molar-refractivity contribution in [3.63, 3.8) is 0 Å². The molecule has 0 bridgehead atoms. The maximum absolute atomic E-state index is 13.3. The second-order valence-electron chi connectivity index (χ2n) is 6.84. The topological polar surface area (TPSA) is 29.5 Å². The van der Waals surface area contributed by atoms with Gasteiger partial charge < -0.3 is 4.74 Å². The molecule has 1 fully saturated rings. The Labute approximate surface area is 158 Å². The first-order valence-corrected chi connectivity index (χ1v) is 8.92. The maximum Gasteiger partial charge on any atom is 0.271 e. The smallest absolute Gasteiger partial charge is 0.271 e. The average molecular weight is 361 g/mol. The lowest BCUT2D eigenvalue weighted by Crippen LogP contribution is -2.61. The SMILES string of the molecule is Cc1ccc(C2C(Oc3ccccc3C)C(=O)N2c2ccc(F)cc2)cc1. The van der Waals surface area contributed by atoms with Gasteiger partial charge in [0.15, 0.2) is 0 Å². The molecule has 0 radical (unpaired) electrons. The number of hydrogen-bond donors (Lipinski definition) is 0. The number of aryl methyl sites for hydroxylation is 2. The molecule has 4 rings (SSSR count). The van der Waals surface area contributed by atoms with Crippen LogP contribution in [0.2, 0.25) is 0 Å². The minimum absolute atomic E-state index is 0.129. The Kier molecular flexibility index (Phi) is 4.40. The summed E-state index contributed by atoms with van der Waals surface area (Å²) in [6, 6.07) is 21.4. The van der Waals surface area contributed by atoms with Crippen LogP contribution >= 0.6 is 0 Å². The zero-order valence-electron chi connectivity index (χ0n) is 15.2. The van der Waals surface area contributed by atoms with Gasteiger partial charge in [-0.2, -0.15) is 0 Å². The first kappa shape index (κ1) is 17.3. The fourth-order valence-corrected chi connectivity index (χ4v) is 3.38. The molecule has 0 aromatic heterocycles. The molecule has 1 heterocycles. The zero-order chi connectivity index (χ0) is 19.0. The Balaban J connectivity index is 1.70. The minimum atomic E-state index is -0.612. The summed E-state index contributed by atoms with van der Waals surface area (Å²) in [4.78, 5) is 14.6. The minimum Gasteiger partial charge on any atom is -0.478 e. The van der Waals surface area contributed by atoms with Crippen molar-refractivity contribution in [3.8, 4) is 5.75 Å². The van der Waals surface area contributed by atoms with E-state index in [1.165, 1.54) is 12.1 Å². The Bertz CT molecular complexity index is 966. The summed E-state index contributed by atoms with van der Waals surface area (Å²) in [7, 11) is 0. The van der Waals surface area contributed by atoms with Gasteiger partial charge in [0, 0.05) is 5.69 Å². The highest BCUT2D eigenvalue weighted by molar-refractivity contribution is 6.05. The van der Waals surface area contributed by atoms with Crippen LogP contribution in [0.25, 0.3) is 0 Å². The third kappa shape index (κ3) is 3.19. The summed E-state index contributed by atoms with van der Waals surface area (Å²) >= 11 is 0. The number of benzene rings is 3. The number of nitrogens with zero attached hydrogens (tertiary/aromatic N) is 1. The summed E-state index contributed by atoms with van der Waals surface area (Å²) in [6.45, 7) is 3.98. The van der Waals surface area contributed by atoms with Crippen molar-refractivity contribution in [1.82, 2.24) is 0 Å². The van der Waals surface area contributed by atoms with Crippen LogP contribution in [0.3, 0.4) is 0 Å². The van der Waals surface area contributed by atoms with E-state index < -0.39 is 6.10 Å². The predicted molar refractivity (Wildman–Crippen MR) is 103 cm³/mol. The number of carbonyl (C=O) groups is 1. The van der Waals surface area contributed by atoms with Gasteiger partial charge in [-0.3, -0.25) is 9.69 Å². The zero-order valence-corrected chi connectivity index (χ0v) is 15.2. The third-order valence-electron chi connectivity index (χ3n) is 4.92. The van der Waals surface area contributed by atoms with Gasteiger partial charge in [-0.25, -0.2) is 4.39 Å². The molecule has 3 aromatic carbocycles. The largest absolute Gasteiger partial charge is 0.478 e. The predicted octanol–water partition coefficient (Wildman–Crippen LogP) is 4.98. The lowest BCUT2D eigenvalue weighted by atomic mass is 9.89. The van der Waals surface area contributed by atoms with Crippen LogP contribution in [-0.2, 0) is 4.79 Å². The van der Waals surface area contributed by atoms with Gasteiger partial charge in [0.25, 0.3) is 5.91 Å². The van der Waals surface area contributed by atoms with Gasteiger partial charge >= 0.3 is 0 Å². The molecule has 0 N–H and O–H groups in total. The maximum atomic E-state index is 13.3. The van der Waals surface area contributed by atoms with Crippen molar-refractivity contribution < 1.29 is 13.9 Å². The normalized spacial score (nSPS) is 18.9. The van der Waals surface area contributed by atoms with Crippen LogP contribution in [0.15, 0.2) is 72.8 Å². The molecular formula is C23H20FNO2. The van der Waals surface area contributed by atoms with Crippen molar-refractivity contribution >= 4 is 11.6 Å². The van der Waals surface area contributed by atoms with Crippen molar-refractivity contribution in [3.05, 3.63) is 95.3 Å². The summed E-state index contributed by atoms with van der Waals surface area (Å²) in [5.74, 6) is 0.244. The second-order valence-corrected chi connectivity index (χ2v) is 6.84. The van der Waals surface area contributed by atoms with Crippen molar-refractivity contribution in [1.29, 1.82) is 0 Å². The van der Waals surface area contributed by atoms with E-state index in [0.717, 1.165) is 16.7 Å². The lowest BCUT2D eigenvalue weighted by Gasteiger charge is -2.46. The van der Waals surface area contributed by atoms with E-state index in [4.69, 9.17) is 4.74 Å². The first-order valence-electron chi connectivity index (χ1n) is 8.92. The van der Waals surface area contributed by atoms with E-state index in [9.17, 15) is 9.18 Å². The molecule has 2 atom stereocenters. The summed E-state index contributed by atoms with van der Waals surface area (Å²) in [5, 5.41) is 0. The molecule has 3 aromatic rings.